The lowest BCUT2D eigenvalue weighted by Crippen LogP contribution is -2.31. The van der Waals surface area contributed by atoms with Crippen LogP contribution >= 0.6 is 0 Å². The number of furan rings is 1. The average molecular weight is 327 g/mol. The number of rotatable bonds is 7. The second-order valence-electron chi connectivity index (χ2n) is 6.41. The lowest BCUT2D eigenvalue weighted by atomic mass is 10.1. The molecule has 1 unspecified atom stereocenters. The van der Waals surface area contributed by atoms with Gasteiger partial charge in [-0.25, -0.2) is 0 Å². The molecule has 0 radical (unpaired) electrons. The number of likely N-dealkylation sites (tertiary alicyclic amines) is 1. The zero-order valence-corrected chi connectivity index (χ0v) is 13.9. The Labute approximate surface area is 142 Å². The second-order valence-corrected chi connectivity index (χ2v) is 6.41. The van der Waals surface area contributed by atoms with E-state index in [1.807, 2.05) is 0 Å². The van der Waals surface area contributed by atoms with Crippen molar-refractivity contribution in [2.24, 2.45) is 11.7 Å². The first-order valence-corrected chi connectivity index (χ1v) is 8.56. The molecule has 1 aliphatic heterocycles. The summed E-state index contributed by atoms with van der Waals surface area (Å²) in [6, 6.07) is 12.3. The first kappa shape index (κ1) is 16.7. The summed E-state index contributed by atoms with van der Waals surface area (Å²) in [4.78, 5) is 14.6. The molecule has 1 atom stereocenters. The number of carbonyl (C=O) groups is 1. The molecule has 1 saturated heterocycles. The fourth-order valence-electron chi connectivity index (χ4n) is 3.16. The Morgan fingerprint density at radius 2 is 2.17 bits per heavy atom. The van der Waals surface area contributed by atoms with Crippen molar-refractivity contribution in [1.29, 1.82) is 0 Å². The molecule has 2 heterocycles. The highest BCUT2D eigenvalue weighted by Gasteiger charge is 2.22. The quantitative estimate of drug-likeness (QED) is 0.816. The van der Waals surface area contributed by atoms with Crippen molar-refractivity contribution in [1.82, 2.24) is 10.2 Å². The van der Waals surface area contributed by atoms with Crippen LogP contribution in [0.25, 0.3) is 0 Å². The average Bonchev–Trinajstić information content (AvgIpc) is 3.28. The van der Waals surface area contributed by atoms with E-state index in [1.54, 1.807) is 6.07 Å². The Balaban J connectivity index is 1.39. The van der Waals surface area contributed by atoms with Gasteiger partial charge in [0.05, 0.1) is 12.1 Å². The first-order valence-electron chi connectivity index (χ1n) is 8.56. The minimum absolute atomic E-state index is 0.0822. The van der Waals surface area contributed by atoms with E-state index in [1.165, 1.54) is 11.8 Å². The molecular formula is C19H25N3O2. The first-order chi connectivity index (χ1) is 11.7. The van der Waals surface area contributed by atoms with Gasteiger partial charge in [0.15, 0.2) is 0 Å². The largest absolute Gasteiger partial charge is 0.467 e. The maximum absolute atomic E-state index is 12.1. The molecule has 1 fully saturated rings. The Morgan fingerprint density at radius 3 is 2.92 bits per heavy atom. The molecule has 0 spiro atoms. The van der Waals surface area contributed by atoms with Crippen LogP contribution in [0.15, 0.2) is 47.1 Å². The van der Waals surface area contributed by atoms with Gasteiger partial charge in [0, 0.05) is 19.6 Å². The van der Waals surface area contributed by atoms with Crippen LogP contribution in [-0.4, -0.2) is 37.0 Å². The molecule has 0 bridgehead atoms. The third kappa shape index (κ3) is 4.46. The summed E-state index contributed by atoms with van der Waals surface area (Å²) < 4.78 is 5.20. The molecule has 24 heavy (non-hydrogen) atoms. The number of benzene rings is 1. The minimum atomic E-state index is -0.0822. The summed E-state index contributed by atoms with van der Waals surface area (Å²) in [6.07, 6.45) is 3.68. The van der Waals surface area contributed by atoms with Crippen LogP contribution in [-0.2, 0) is 13.0 Å². The number of nitrogens with zero attached hydrogens (tertiary/aromatic N) is 1. The molecule has 1 aliphatic rings. The van der Waals surface area contributed by atoms with E-state index in [0.717, 1.165) is 32.5 Å². The van der Waals surface area contributed by atoms with Crippen LogP contribution in [0.1, 0.15) is 28.1 Å². The van der Waals surface area contributed by atoms with Crippen LogP contribution in [0.5, 0.6) is 0 Å². The number of nitrogens with two attached hydrogens (primary N) is 1. The van der Waals surface area contributed by atoms with Gasteiger partial charge in [0.1, 0.15) is 12.0 Å². The Hall–Kier alpha value is -2.11. The molecule has 3 rings (SSSR count). The molecule has 0 saturated carbocycles. The van der Waals surface area contributed by atoms with Gasteiger partial charge in [0.2, 0.25) is 0 Å². The van der Waals surface area contributed by atoms with Gasteiger partial charge in [-0.15, -0.1) is 0 Å². The van der Waals surface area contributed by atoms with Gasteiger partial charge in [0.25, 0.3) is 5.91 Å². The van der Waals surface area contributed by atoms with E-state index >= 15 is 0 Å². The maximum atomic E-state index is 12.1. The van der Waals surface area contributed by atoms with Crippen molar-refractivity contribution in [3.8, 4) is 0 Å². The third-order valence-electron chi connectivity index (χ3n) is 4.60. The maximum Gasteiger partial charge on any atom is 0.254 e. The van der Waals surface area contributed by atoms with Gasteiger partial charge in [-0.3, -0.25) is 4.79 Å². The highest BCUT2D eigenvalue weighted by molar-refractivity contribution is 5.93. The number of hydrogen-bond acceptors (Lipinski definition) is 4. The topological polar surface area (TPSA) is 71.5 Å². The van der Waals surface area contributed by atoms with Gasteiger partial charge in [-0.2, -0.15) is 0 Å². The number of amides is 1. The van der Waals surface area contributed by atoms with Gasteiger partial charge in [-0.05, 0) is 36.9 Å². The summed E-state index contributed by atoms with van der Waals surface area (Å²) in [5, 5.41) is 3.01. The predicted octanol–water partition coefficient (Wildman–Crippen LogP) is 2.03. The molecule has 3 N–H and O–H groups in total. The molecule has 5 heteroatoms. The number of carbonyl (C=O) groups excluding carboxylic acids is 1. The standard InChI is InChI=1S/C19H25N3O2/c20-11-18-10-17(14-24-18)19(23)21-12-16-7-9-22(13-16)8-6-15-4-2-1-3-5-15/h1-5,10,14,16H,6-9,11-13,20H2,(H,21,23). The Kier molecular flexibility index (Phi) is 5.67. The summed E-state index contributed by atoms with van der Waals surface area (Å²) in [6.45, 7) is 4.26. The van der Waals surface area contributed by atoms with Crippen LogP contribution in [0.2, 0.25) is 0 Å². The second kappa shape index (κ2) is 8.13. The SMILES string of the molecule is NCc1cc(C(=O)NCC2CCN(CCc3ccccc3)C2)co1. The normalized spacial score (nSPS) is 18.0. The van der Waals surface area contributed by atoms with Gasteiger partial charge >= 0.3 is 0 Å². The zero-order chi connectivity index (χ0) is 16.8. The van der Waals surface area contributed by atoms with Crippen LogP contribution in [0.3, 0.4) is 0 Å². The molecule has 2 aromatic rings. The molecule has 1 aromatic heterocycles. The van der Waals surface area contributed by atoms with Crippen molar-refractivity contribution in [3.05, 3.63) is 59.5 Å². The highest BCUT2D eigenvalue weighted by atomic mass is 16.3. The molecule has 1 aromatic carbocycles. The summed E-state index contributed by atoms with van der Waals surface area (Å²) >= 11 is 0. The van der Waals surface area contributed by atoms with Crippen molar-refractivity contribution in [3.63, 3.8) is 0 Å². The summed E-state index contributed by atoms with van der Waals surface area (Å²) in [5.74, 6) is 1.07. The van der Waals surface area contributed by atoms with E-state index in [4.69, 9.17) is 10.2 Å². The Bertz CT molecular complexity index is 654. The molecule has 5 nitrogen and oxygen atoms in total. The van der Waals surface area contributed by atoms with E-state index in [2.05, 4.69) is 40.5 Å². The predicted molar refractivity (Wildman–Crippen MR) is 93.6 cm³/mol. The van der Waals surface area contributed by atoms with E-state index in [9.17, 15) is 4.79 Å². The Morgan fingerprint density at radius 1 is 1.33 bits per heavy atom. The molecule has 0 aliphatic carbocycles. The van der Waals surface area contributed by atoms with Crippen molar-refractivity contribution < 1.29 is 9.21 Å². The van der Waals surface area contributed by atoms with Gasteiger partial charge in [-0.1, -0.05) is 30.3 Å². The fraction of sp³-hybridized carbons (Fsp3) is 0.421. The number of hydrogen-bond donors (Lipinski definition) is 2. The van der Waals surface area contributed by atoms with E-state index < -0.39 is 0 Å². The number of nitrogens with one attached hydrogen (secondary N) is 1. The monoisotopic (exact) mass is 327 g/mol. The van der Waals surface area contributed by atoms with E-state index in [0.29, 0.717) is 30.3 Å². The molecule has 128 valence electrons. The van der Waals surface area contributed by atoms with E-state index in [-0.39, 0.29) is 5.91 Å². The van der Waals surface area contributed by atoms with Crippen molar-refractivity contribution >= 4 is 5.91 Å². The minimum Gasteiger partial charge on any atom is -0.467 e. The van der Waals surface area contributed by atoms with Crippen LogP contribution in [0, 0.1) is 5.92 Å². The lowest BCUT2D eigenvalue weighted by Gasteiger charge is -2.16. The van der Waals surface area contributed by atoms with Crippen LogP contribution in [0.4, 0.5) is 0 Å². The van der Waals surface area contributed by atoms with Crippen molar-refractivity contribution in [2.45, 2.75) is 19.4 Å². The smallest absolute Gasteiger partial charge is 0.254 e. The highest BCUT2D eigenvalue weighted by Crippen LogP contribution is 2.16. The summed E-state index contributed by atoms with van der Waals surface area (Å²) in [5.41, 5.74) is 7.42. The third-order valence-corrected chi connectivity index (χ3v) is 4.60. The summed E-state index contributed by atoms with van der Waals surface area (Å²) in [7, 11) is 0. The van der Waals surface area contributed by atoms with Gasteiger partial charge < -0.3 is 20.4 Å². The van der Waals surface area contributed by atoms with Crippen molar-refractivity contribution in [2.75, 3.05) is 26.2 Å². The van der Waals surface area contributed by atoms with Crippen LogP contribution < -0.4 is 11.1 Å². The fourth-order valence-corrected chi connectivity index (χ4v) is 3.16. The molecule has 1 amide bonds. The lowest BCUT2D eigenvalue weighted by molar-refractivity contribution is 0.0946. The zero-order valence-electron chi connectivity index (χ0n) is 13.9. The molecular weight excluding hydrogens is 302 g/mol.